The molecule has 1 N–H and O–H groups in total. The monoisotopic (exact) mass is 353 g/mol. The van der Waals surface area contributed by atoms with E-state index in [1.165, 1.54) is 0 Å². The lowest BCUT2D eigenvalue weighted by Gasteiger charge is -2.43. The van der Waals surface area contributed by atoms with Crippen molar-refractivity contribution in [1.29, 1.82) is 0 Å². The smallest absolute Gasteiger partial charge is 0.109 e. The quantitative estimate of drug-likeness (QED) is 0.904. The van der Waals surface area contributed by atoms with E-state index >= 15 is 0 Å². The molecule has 0 aromatic heterocycles. The molecule has 0 heterocycles. The fourth-order valence-corrected chi connectivity index (χ4v) is 5.38. The molecule has 130 valence electrons. The molecule has 2 aromatic rings. The van der Waals surface area contributed by atoms with Gasteiger partial charge in [0.1, 0.15) is 5.60 Å². The highest BCUT2D eigenvalue weighted by atomic mass is 32.2. The van der Waals surface area contributed by atoms with Crippen molar-refractivity contribution in [2.24, 2.45) is 4.36 Å². The maximum atomic E-state index is 13.6. The number of allylic oxidation sites excluding steroid dienone is 2. The van der Waals surface area contributed by atoms with Gasteiger partial charge in [-0.15, -0.1) is 0 Å². The molecule has 0 radical (unpaired) electrons. The molecule has 3 rings (SSSR count). The van der Waals surface area contributed by atoms with Crippen LogP contribution in [0.4, 0.5) is 0 Å². The maximum Gasteiger partial charge on any atom is 0.109 e. The lowest BCUT2D eigenvalue weighted by atomic mass is 9.67. The summed E-state index contributed by atoms with van der Waals surface area (Å²) < 4.78 is 17.8. The molecule has 0 bridgehead atoms. The van der Waals surface area contributed by atoms with Gasteiger partial charge in [-0.3, -0.25) is 0 Å². The average Bonchev–Trinajstić information content (AvgIpc) is 2.65. The standard InChI is InChI=1S/C21H23NO2S/c1-20(18-11-5-3-6-12-18)15-9-10-16-21(20,23)17-25(24,22-2)19-13-7-4-8-14-19/h3-16,23H,17H2,1-2H3/t20-,21+,25?/m1/s1. The highest BCUT2D eigenvalue weighted by molar-refractivity contribution is 7.93. The van der Waals surface area contributed by atoms with E-state index in [9.17, 15) is 9.32 Å². The molecular weight excluding hydrogens is 330 g/mol. The van der Waals surface area contributed by atoms with Gasteiger partial charge in [-0.2, -0.15) is 0 Å². The molecule has 1 unspecified atom stereocenters. The number of benzene rings is 2. The highest BCUT2D eigenvalue weighted by Gasteiger charge is 2.47. The van der Waals surface area contributed by atoms with E-state index in [2.05, 4.69) is 4.36 Å². The van der Waals surface area contributed by atoms with Crippen LogP contribution in [0.25, 0.3) is 0 Å². The molecule has 2 aromatic carbocycles. The summed E-state index contributed by atoms with van der Waals surface area (Å²) in [5.41, 5.74) is -1.02. The predicted octanol–water partition coefficient (Wildman–Crippen LogP) is 3.96. The molecule has 1 aliphatic rings. The summed E-state index contributed by atoms with van der Waals surface area (Å²) in [6, 6.07) is 19.0. The molecule has 1 aliphatic carbocycles. The van der Waals surface area contributed by atoms with E-state index in [1.54, 1.807) is 25.3 Å². The minimum Gasteiger partial charge on any atom is -0.384 e. The molecule has 0 saturated heterocycles. The van der Waals surface area contributed by atoms with Crippen LogP contribution in [-0.2, 0) is 15.1 Å². The fraction of sp³-hybridized carbons (Fsp3) is 0.238. The molecular formula is C21H23NO2S. The van der Waals surface area contributed by atoms with E-state index in [0.717, 1.165) is 5.56 Å². The van der Waals surface area contributed by atoms with E-state index < -0.39 is 20.7 Å². The van der Waals surface area contributed by atoms with Gasteiger partial charge in [0, 0.05) is 17.4 Å². The third kappa shape index (κ3) is 3.08. The van der Waals surface area contributed by atoms with Gasteiger partial charge in [-0.05, 0) is 24.6 Å². The molecule has 3 nitrogen and oxygen atoms in total. The van der Waals surface area contributed by atoms with Gasteiger partial charge < -0.3 is 5.11 Å². The second-order valence-electron chi connectivity index (χ2n) is 6.49. The maximum absolute atomic E-state index is 13.6. The van der Waals surface area contributed by atoms with Gasteiger partial charge in [-0.25, -0.2) is 8.57 Å². The molecule has 25 heavy (non-hydrogen) atoms. The SMILES string of the molecule is CN=S(=O)(C[C@@]1(O)C=CC=C[C@]1(C)c1ccccc1)c1ccccc1. The third-order valence-electron chi connectivity index (χ3n) is 5.01. The van der Waals surface area contributed by atoms with Gasteiger partial charge in [-0.1, -0.05) is 72.8 Å². The predicted molar refractivity (Wildman–Crippen MR) is 103 cm³/mol. The van der Waals surface area contributed by atoms with Gasteiger partial charge in [0.25, 0.3) is 0 Å². The zero-order valence-corrected chi connectivity index (χ0v) is 15.3. The largest absolute Gasteiger partial charge is 0.384 e. The lowest BCUT2D eigenvalue weighted by molar-refractivity contribution is 0.0546. The minimum atomic E-state index is -2.75. The van der Waals surface area contributed by atoms with E-state index in [1.807, 2.05) is 73.7 Å². The van der Waals surface area contributed by atoms with Crippen molar-refractivity contribution in [2.75, 3.05) is 12.8 Å². The van der Waals surface area contributed by atoms with Crippen molar-refractivity contribution >= 4 is 9.73 Å². The number of hydrogen-bond acceptors (Lipinski definition) is 3. The minimum absolute atomic E-state index is 0.0345. The second kappa shape index (κ2) is 6.62. The molecule has 0 amide bonds. The Hall–Kier alpha value is -2.17. The van der Waals surface area contributed by atoms with Crippen molar-refractivity contribution in [1.82, 2.24) is 0 Å². The zero-order valence-electron chi connectivity index (χ0n) is 14.5. The summed E-state index contributed by atoms with van der Waals surface area (Å²) in [7, 11) is -1.20. The lowest BCUT2D eigenvalue weighted by Crippen LogP contribution is -2.52. The summed E-state index contributed by atoms with van der Waals surface area (Å²) in [5, 5.41) is 11.6. The zero-order chi connectivity index (χ0) is 18.0. The second-order valence-corrected chi connectivity index (χ2v) is 8.90. The first-order valence-corrected chi connectivity index (χ1v) is 9.95. The first-order valence-electron chi connectivity index (χ1n) is 8.27. The molecule has 0 aliphatic heterocycles. The van der Waals surface area contributed by atoms with Crippen LogP contribution < -0.4 is 0 Å². The Morgan fingerprint density at radius 2 is 1.52 bits per heavy atom. The normalized spacial score (nSPS) is 27.6. The van der Waals surface area contributed by atoms with Crippen molar-refractivity contribution in [3.63, 3.8) is 0 Å². The summed E-state index contributed by atoms with van der Waals surface area (Å²) in [5.74, 6) is 0.0345. The van der Waals surface area contributed by atoms with Crippen LogP contribution in [0.15, 0.2) is 94.2 Å². The molecule has 4 heteroatoms. The van der Waals surface area contributed by atoms with Gasteiger partial charge >= 0.3 is 0 Å². The van der Waals surface area contributed by atoms with Crippen molar-refractivity contribution in [3.8, 4) is 0 Å². The Bertz CT molecular complexity index is 911. The highest BCUT2D eigenvalue weighted by Crippen LogP contribution is 2.42. The first kappa shape index (κ1) is 17.6. The Kier molecular flexibility index (Phi) is 4.67. The van der Waals surface area contributed by atoms with Crippen LogP contribution in [0.2, 0.25) is 0 Å². The van der Waals surface area contributed by atoms with Gasteiger partial charge in [0.15, 0.2) is 0 Å². The Labute approximate surface area is 149 Å². The molecule has 3 atom stereocenters. The van der Waals surface area contributed by atoms with Crippen molar-refractivity contribution < 1.29 is 9.32 Å². The van der Waals surface area contributed by atoms with Gasteiger partial charge in [0.05, 0.1) is 15.5 Å². The number of rotatable bonds is 4. The van der Waals surface area contributed by atoms with Crippen LogP contribution in [0.1, 0.15) is 12.5 Å². The summed E-state index contributed by atoms with van der Waals surface area (Å²) >= 11 is 0. The molecule has 0 saturated carbocycles. The fourth-order valence-electron chi connectivity index (χ4n) is 3.29. The summed E-state index contributed by atoms with van der Waals surface area (Å²) in [6.45, 7) is 1.98. The van der Waals surface area contributed by atoms with E-state index in [4.69, 9.17) is 0 Å². The Morgan fingerprint density at radius 1 is 0.960 bits per heavy atom. The number of hydrogen-bond donors (Lipinski definition) is 1. The summed E-state index contributed by atoms with van der Waals surface area (Å²) in [6.07, 6.45) is 7.46. The van der Waals surface area contributed by atoms with Crippen LogP contribution in [-0.4, -0.2) is 27.7 Å². The number of nitrogens with zero attached hydrogens (tertiary/aromatic N) is 1. The Balaban J connectivity index is 2.09. The summed E-state index contributed by atoms with van der Waals surface area (Å²) in [4.78, 5) is 0.643. The first-order chi connectivity index (χ1) is 11.9. The van der Waals surface area contributed by atoms with Crippen LogP contribution >= 0.6 is 0 Å². The van der Waals surface area contributed by atoms with Gasteiger partial charge in [0.2, 0.25) is 0 Å². The third-order valence-corrected chi connectivity index (χ3v) is 7.44. The van der Waals surface area contributed by atoms with Crippen LogP contribution in [0.3, 0.4) is 0 Å². The van der Waals surface area contributed by atoms with E-state index in [-0.39, 0.29) is 5.75 Å². The Morgan fingerprint density at radius 3 is 2.12 bits per heavy atom. The topological polar surface area (TPSA) is 49.7 Å². The van der Waals surface area contributed by atoms with Crippen LogP contribution in [0, 0.1) is 0 Å². The number of aliphatic hydroxyl groups is 1. The van der Waals surface area contributed by atoms with Crippen molar-refractivity contribution in [2.45, 2.75) is 22.8 Å². The van der Waals surface area contributed by atoms with Crippen LogP contribution in [0.5, 0.6) is 0 Å². The molecule has 0 fully saturated rings. The van der Waals surface area contributed by atoms with E-state index in [0.29, 0.717) is 4.90 Å². The molecule has 0 spiro atoms. The van der Waals surface area contributed by atoms with Crippen molar-refractivity contribution in [3.05, 3.63) is 90.5 Å². The average molecular weight is 353 g/mol.